The van der Waals surface area contributed by atoms with Crippen molar-refractivity contribution < 1.29 is 19.7 Å². The van der Waals surface area contributed by atoms with Gasteiger partial charge in [0, 0.05) is 13.1 Å². The Kier molecular flexibility index (Phi) is 4.39. The highest BCUT2D eigenvalue weighted by molar-refractivity contribution is 5.86. The highest BCUT2D eigenvalue weighted by atomic mass is 16.5. The zero-order valence-electron chi connectivity index (χ0n) is 11.8. The average Bonchev–Trinajstić information content (AvgIpc) is 2.71. The van der Waals surface area contributed by atoms with Gasteiger partial charge < -0.3 is 14.9 Å². The smallest absolute Gasteiger partial charge is 0.328 e. The first-order valence-corrected chi connectivity index (χ1v) is 6.33. The standard InChI is InChI=1S/C15H16N2O4/c1-10-13(6-7-14(19)20)15(17(2)16-10)21-12-5-3-4-11(8-12)9-18/h3-8,18H,9H2,1-2H3,(H,19,20). The van der Waals surface area contributed by atoms with Crippen LogP contribution < -0.4 is 4.74 Å². The number of aromatic nitrogens is 2. The van der Waals surface area contributed by atoms with Crippen LogP contribution in [-0.2, 0) is 18.4 Å². The number of carbonyl (C=O) groups is 1. The first-order chi connectivity index (χ1) is 10.0. The van der Waals surface area contributed by atoms with E-state index in [1.165, 1.54) is 6.08 Å². The third kappa shape index (κ3) is 3.49. The van der Waals surface area contributed by atoms with Crippen LogP contribution in [0.1, 0.15) is 16.8 Å². The topological polar surface area (TPSA) is 84.6 Å². The molecule has 0 saturated heterocycles. The third-order valence-corrected chi connectivity index (χ3v) is 2.90. The van der Waals surface area contributed by atoms with Crippen molar-refractivity contribution in [3.05, 3.63) is 47.2 Å². The summed E-state index contributed by atoms with van der Waals surface area (Å²) < 4.78 is 7.33. The molecule has 0 atom stereocenters. The number of carboxylic acids is 1. The summed E-state index contributed by atoms with van der Waals surface area (Å²) in [5.74, 6) is -0.0407. The number of hydrogen-bond acceptors (Lipinski definition) is 4. The zero-order valence-corrected chi connectivity index (χ0v) is 11.8. The first-order valence-electron chi connectivity index (χ1n) is 6.33. The highest BCUT2D eigenvalue weighted by Crippen LogP contribution is 2.28. The molecule has 0 amide bonds. The van der Waals surface area contributed by atoms with Gasteiger partial charge in [0.05, 0.1) is 17.9 Å². The lowest BCUT2D eigenvalue weighted by molar-refractivity contribution is -0.131. The molecule has 0 spiro atoms. The fourth-order valence-electron chi connectivity index (χ4n) is 1.94. The Bertz CT molecular complexity index is 689. The summed E-state index contributed by atoms with van der Waals surface area (Å²) in [6, 6.07) is 7.03. The van der Waals surface area contributed by atoms with Gasteiger partial charge in [0.1, 0.15) is 5.75 Å². The molecule has 6 nitrogen and oxygen atoms in total. The van der Waals surface area contributed by atoms with E-state index in [-0.39, 0.29) is 6.61 Å². The van der Waals surface area contributed by atoms with Crippen LogP contribution in [0.25, 0.3) is 6.08 Å². The maximum absolute atomic E-state index is 10.7. The minimum Gasteiger partial charge on any atom is -0.478 e. The molecule has 0 aliphatic rings. The van der Waals surface area contributed by atoms with Crippen molar-refractivity contribution in [3.8, 4) is 11.6 Å². The predicted octanol–water partition coefficient (Wildman–Crippen LogP) is 2.11. The molecule has 0 bridgehead atoms. The summed E-state index contributed by atoms with van der Waals surface area (Å²) in [6.45, 7) is 1.70. The van der Waals surface area contributed by atoms with Crippen molar-refractivity contribution in [1.82, 2.24) is 9.78 Å². The van der Waals surface area contributed by atoms with Crippen molar-refractivity contribution in [1.29, 1.82) is 0 Å². The zero-order chi connectivity index (χ0) is 15.4. The fourth-order valence-corrected chi connectivity index (χ4v) is 1.94. The van der Waals surface area contributed by atoms with E-state index in [9.17, 15) is 4.79 Å². The molecule has 1 aromatic carbocycles. The lowest BCUT2D eigenvalue weighted by Gasteiger charge is -2.08. The second-order valence-corrected chi connectivity index (χ2v) is 4.51. The molecular weight excluding hydrogens is 272 g/mol. The van der Waals surface area contributed by atoms with Crippen LogP contribution in [0.5, 0.6) is 11.6 Å². The quantitative estimate of drug-likeness (QED) is 0.823. The number of aliphatic carboxylic acids is 1. The summed E-state index contributed by atoms with van der Waals surface area (Å²) in [5, 5.41) is 22.1. The second kappa shape index (κ2) is 6.23. The number of aliphatic hydroxyl groups excluding tert-OH is 1. The van der Waals surface area contributed by atoms with Gasteiger partial charge in [-0.25, -0.2) is 9.48 Å². The van der Waals surface area contributed by atoms with E-state index in [2.05, 4.69) is 5.10 Å². The Morgan fingerprint density at radius 2 is 2.24 bits per heavy atom. The molecule has 2 aromatic rings. The van der Waals surface area contributed by atoms with E-state index in [0.29, 0.717) is 22.9 Å². The van der Waals surface area contributed by atoms with Gasteiger partial charge in [-0.2, -0.15) is 5.10 Å². The van der Waals surface area contributed by atoms with Gasteiger partial charge in [-0.05, 0) is 30.7 Å². The lowest BCUT2D eigenvalue weighted by Crippen LogP contribution is -1.96. The molecule has 0 saturated carbocycles. The van der Waals surface area contributed by atoms with Crippen LogP contribution in [0.2, 0.25) is 0 Å². The van der Waals surface area contributed by atoms with Gasteiger partial charge >= 0.3 is 5.97 Å². The number of rotatable bonds is 5. The van der Waals surface area contributed by atoms with Crippen molar-refractivity contribution in [2.45, 2.75) is 13.5 Å². The molecular formula is C15H16N2O4. The van der Waals surface area contributed by atoms with Crippen molar-refractivity contribution >= 4 is 12.0 Å². The van der Waals surface area contributed by atoms with Crippen molar-refractivity contribution in [2.24, 2.45) is 7.05 Å². The van der Waals surface area contributed by atoms with Crippen LogP contribution in [0.4, 0.5) is 0 Å². The maximum Gasteiger partial charge on any atom is 0.328 e. The van der Waals surface area contributed by atoms with Crippen LogP contribution in [0.15, 0.2) is 30.3 Å². The van der Waals surface area contributed by atoms with E-state index >= 15 is 0 Å². The number of hydrogen-bond donors (Lipinski definition) is 2. The van der Waals surface area contributed by atoms with Crippen LogP contribution in [0, 0.1) is 6.92 Å². The average molecular weight is 288 g/mol. The van der Waals surface area contributed by atoms with Gasteiger partial charge in [-0.15, -0.1) is 0 Å². The predicted molar refractivity (Wildman–Crippen MR) is 77.1 cm³/mol. The fraction of sp³-hybridized carbons (Fsp3) is 0.200. The summed E-state index contributed by atoms with van der Waals surface area (Å²) >= 11 is 0. The molecule has 2 rings (SSSR count). The van der Waals surface area contributed by atoms with Crippen LogP contribution in [0.3, 0.4) is 0 Å². The van der Waals surface area contributed by atoms with Crippen LogP contribution in [-0.4, -0.2) is 26.0 Å². The molecule has 0 radical (unpaired) electrons. The van der Waals surface area contributed by atoms with E-state index in [1.807, 2.05) is 0 Å². The molecule has 0 unspecified atom stereocenters. The van der Waals surface area contributed by atoms with E-state index in [0.717, 1.165) is 11.6 Å². The second-order valence-electron chi connectivity index (χ2n) is 4.51. The summed E-state index contributed by atoms with van der Waals surface area (Å²) in [5.41, 5.74) is 2.01. The number of aryl methyl sites for hydroxylation is 2. The molecule has 1 aromatic heterocycles. The van der Waals surface area contributed by atoms with Crippen molar-refractivity contribution in [2.75, 3.05) is 0 Å². The number of benzene rings is 1. The SMILES string of the molecule is Cc1nn(C)c(Oc2cccc(CO)c2)c1C=CC(=O)O. The summed E-state index contributed by atoms with van der Waals surface area (Å²) in [7, 11) is 1.72. The Labute approximate surface area is 121 Å². The van der Waals surface area contributed by atoms with Crippen LogP contribution >= 0.6 is 0 Å². The Hall–Kier alpha value is -2.60. The van der Waals surface area contributed by atoms with Gasteiger partial charge in [-0.1, -0.05) is 12.1 Å². The first kappa shape index (κ1) is 14.8. The highest BCUT2D eigenvalue weighted by Gasteiger charge is 2.13. The van der Waals surface area contributed by atoms with E-state index < -0.39 is 5.97 Å². The summed E-state index contributed by atoms with van der Waals surface area (Å²) in [6.07, 6.45) is 2.50. The maximum atomic E-state index is 10.7. The van der Waals surface area contributed by atoms with Gasteiger partial charge in [-0.3, -0.25) is 0 Å². The lowest BCUT2D eigenvalue weighted by atomic mass is 10.2. The Balaban J connectivity index is 2.36. The van der Waals surface area contributed by atoms with Crippen molar-refractivity contribution in [3.63, 3.8) is 0 Å². The molecule has 6 heteroatoms. The van der Waals surface area contributed by atoms with E-state index in [1.54, 1.807) is 42.9 Å². The van der Waals surface area contributed by atoms with Gasteiger partial charge in [0.25, 0.3) is 0 Å². The molecule has 0 aliphatic carbocycles. The monoisotopic (exact) mass is 288 g/mol. The van der Waals surface area contributed by atoms with Gasteiger partial charge in [0.2, 0.25) is 5.88 Å². The molecule has 21 heavy (non-hydrogen) atoms. The minimum atomic E-state index is -1.04. The molecule has 0 aliphatic heterocycles. The number of ether oxygens (including phenoxy) is 1. The minimum absolute atomic E-state index is 0.0760. The Morgan fingerprint density at radius 3 is 2.90 bits per heavy atom. The van der Waals surface area contributed by atoms with E-state index in [4.69, 9.17) is 14.9 Å². The number of carboxylic acid groups (broad SMARTS) is 1. The number of aliphatic hydroxyl groups is 1. The molecule has 1 heterocycles. The summed E-state index contributed by atoms with van der Waals surface area (Å²) in [4.78, 5) is 10.7. The largest absolute Gasteiger partial charge is 0.478 e. The Morgan fingerprint density at radius 1 is 1.48 bits per heavy atom. The van der Waals surface area contributed by atoms with Gasteiger partial charge in [0.15, 0.2) is 0 Å². The molecule has 2 N–H and O–H groups in total. The number of nitrogens with zero attached hydrogens (tertiary/aromatic N) is 2. The normalized spacial score (nSPS) is 11.0. The third-order valence-electron chi connectivity index (χ3n) is 2.90. The molecule has 110 valence electrons. The molecule has 0 fully saturated rings.